The molecule has 0 radical (unpaired) electrons. The Kier molecular flexibility index (Phi) is 2.73. The Morgan fingerprint density at radius 3 is 2.73 bits per heavy atom. The molecule has 1 aliphatic carbocycles. The van der Waals surface area contributed by atoms with E-state index in [9.17, 15) is 13.6 Å². The number of alkyl halides is 2. The molecule has 6 heteroatoms. The summed E-state index contributed by atoms with van der Waals surface area (Å²) in [5.41, 5.74) is -0.706. The second-order valence-electron chi connectivity index (χ2n) is 3.67. The Morgan fingerprint density at radius 1 is 1.67 bits per heavy atom. The second-order valence-corrected chi connectivity index (χ2v) is 4.01. The molecule has 2 rings (SSSR count). The predicted octanol–water partition coefficient (Wildman–Crippen LogP) is 2.61. The van der Waals surface area contributed by atoms with Crippen LogP contribution in [-0.4, -0.2) is 15.0 Å². The van der Waals surface area contributed by atoms with Crippen LogP contribution in [0.25, 0.3) is 0 Å². The van der Waals surface area contributed by atoms with Crippen molar-refractivity contribution in [1.29, 1.82) is 0 Å². The smallest absolute Gasteiger partial charge is 0.275 e. The Bertz CT molecular complexity index is 387. The van der Waals surface area contributed by atoms with E-state index in [4.69, 9.17) is 11.6 Å². The van der Waals surface area contributed by atoms with Crippen molar-refractivity contribution < 1.29 is 13.6 Å². The van der Waals surface area contributed by atoms with E-state index in [0.717, 1.165) is 12.8 Å². The van der Waals surface area contributed by atoms with Crippen molar-refractivity contribution in [3.05, 3.63) is 17.5 Å². The highest BCUT2D eigenvalue weighted by Gasteiger charge is 2.26. The van der Waals surface area contributed by atoms with E-state index in [1.54, 1.807) is 0 Å². The zero-order chi connectivity index (χ0) is 11.0. The summed E-state index contributed by atoms with van der Waals surface area (Å²) in [7, 11) is 0. The molecule has 3 nitrogen and oxygen atoms in total. The fraction of sp³-hybridized carbons (Fsp3) is 0.556. The molecule has 82 valence electrons. The Morgan fingerprint density at radius 2 is 2.33 bits per heavy atom. The zero-order valence-corrected chi connectivity index (χ0v) is 8.55. The monoisotopic (exact) mass is 234 g/mol. The summed E-state index contributed by atoms with van der Waals surface area (Å²) in [4.78, 5) is 10.9. The summed E-state index contributed by atoms with van der Waals surface area (Å²) >= 11 is 5.19. The molecule has 0 aromatic carbocycles. The maximum atomic E-state index is 12.5. The van der Waals surface area contributed by atoms with Gasteiger partial charge in [0, 0.05) is 12.7 Å². The van der Waals surface area contributed by atoms with Crippen LogP contribution in [-0.2, 0) is 6.54 Å². The average molecular weight is 235 g/mol. The van der Waals surface area contributed by atoms with Crippen LogP contribution in [0.4, 0.5) is 8.78 Å². The maximum Gasteiger partial charge on any atom is 0.282 e. The third-order valence-corrected chi connectivity index (χ3v) is 2.55. The molecular weight excluding hydrogens is 226 g/mol. The van der Waals surface area contributed by atoms with E-state index in [1.165, 1.54) is 10.9 Å². The first kappa shape index (κ1) is 10.5. The minimum Gasteiger partial charge on any atom is -0.275 e. The number of carbonyl (C=O) groups excluding carboxylic acids is 1. The van der Waals surface area contributed by atoms with Gasteiger partial charge in [0.1, 0.15) is 5.69 Å². The highest BCUT2D eigenvalue weighted by Crippen LogP contribution is 2.31. The van der Waals surface area contributed by atoms with Crippen molar-refractivity contribution in [3.8, 4) is 0 Å². The van der Waals surface area contributed by atoms with Crippen LogP contribution in [0.5, 0.6) is 0 Å². The summed E-state index contributed by atoms with van der Waals surface area (Å²) in [6, 6.07) is 0. The van der Waals surface area contributed by atoms with Gasteiger partial charge in [0.25, 0.3) is 11.7 Å². The van der Waals surface area contributed by atoms with Crippen molar-refractivity contribution in [2.45, 2.75) is 25.8 Å². The number of carbonyl (C=O) groups is 1. The summed E-state index contributed by atoms with van der Waals surface area (Å²) in [6.07, 6.45) is 0.722. The Labute approximate surface area is 90.0 Å². The quantitative estimate of drug-likeness (QED) is 0.751. The van der Waals surface area contributed by atoms with Gasteiger partial charge in [0.15, 0.2) is 0 Å². The summed E-state index contributed by atoms with van der Waals surface area (Å²) < 4.78 is 26.3. The number of nitrogens with zero attached hydrogens (tertiary/aromatic N) is 2. The minimum atomic E-state index is -2.76. The number of hydrogen-bond acceptors (Lipinski definition) is 2. The normalized spacial score (nSPS) is 16.0. The highest BCUT2D eigenvalue weighted by molar-refractivity contribution is 6.67. The first-order valence-corrected chi connectivity index (χ1v) is 5.01. The standard InChI is InChI=1S/C9H9ClF2N2O/c10-8(15)6-4-14(3-5-1-2-5)13-7(6)9(11)12/h4-5,9H,1-3H2. The van der Waals surface area contributed by atoms with Crippen LogP contribution < -0.4 is 0 Å². The molecule has 15 heavy (non-hydrogen) atoms. The van der Waals surface area contributed by atoms with E-state index in [0.29, 0.717) is 12.5 Å². The fourth-order valence-electron chi connectivity index (χ4n) is 1.41. The second kappa shape index (κ2) is 3.89. The maximum absolute atomic E-state index is 12.5. The lowest BCUT2D eigenvalue weighted by atomic mass is 10.3. The van der Waals surface area contributed by atoms with Gasteiger partial charge in [-0.15, -0.1) is 0 Å². The third-order valence-electron chi connectivity index (χ3n) is 2.35. The molecule has 0 saturated heterocycles. The highest BCUT2D eigenvalue weighted by atomic mass is 35.5. The number of rotatable bonds is 4. The molecule has 0 N–H and O–H groups in total. The topological polar surface area (TPSA) is 34.9 Å². The van der Waals surface area contributed by atoms with Crippen LogP contribution in [0.3, 0.4) is 0 Å². The molecule has 1 aromatic heterocycles. The van der Waals surface area contributed by atoms with E-state index in [-0.39, 0.29) is 5.56 Å². The summed E-state index contributed by atoms with van der Waals surface area (Å²) in [5.74, 6) is 0.508. The SMILES string of the molecule is O=C(Cl)c1cn(CC2CC2)nc1C(F)F. The van der Waals surface area contributed by atoms with Gasteiger partial charge in [-0.25, -0.2) is 8.78 Å². The number of aromatic nitrogens is 2. The molecule has 0 amide bonds. The lowest BCUT2D eigenvalue weighted by molar-refractivity contribution is 0.106. The van der Waals surface area contributed by atoms with Gasteiger partial charge in [-0.05, 0) is 30.4 Å². The van der Waals surface area contributed by atoms with Crippen LogP contribution in [0.15, 0.2) is 6.20 Å². The van der Waals surface area contributed by atoms with Gasteiger partial charge < -0.3 is 0 Å². The first-order chi connectivity index (χ1) is 7.08. The molecule has 0 bridgehead atoms. The molecule has 0 atom stereocenters. The number of halogens is 3. The Balaban J connectivity index is 2.25. The average Bonchev–Trinajstić information content (AvgIpc) is 2.81. The molecule has 0 spiro atoms. The van der Waals surface area contributed by atoms with Gasteiger partial charge in [-0.2, -0.15) is 5.10 Å². The van der Waals surface area contributed by atoms with Gasteiger partial charge in [0.05, 0.1) is 5.56 Å². The minimum absolute atomic E-state index is 0.188. The van der Waals surface area contributed by atoms with E-state index < -0.39 is 17.4 Å². The largest absolute Gasteiger partial charge is 0.282 e. The Hall–Kier alpha value is -0.970. The molecular formula is C9H9ClF2N2O. The van der Waals surface area contributed by atoms with Crippen LogP contribution in [0, 0.1) is 5.92 Å². The van der Waals surface area contributed by atoms with Gasteiger partial charge in [0.2, 0.25) is 0 Å². The van der Waals surface area contributed by atoms with Crippen LogP contribution >= 0.6 is 11.6 Å². The summed E-state index contributed by atoms with van der Waals surface area (Å²) in [6.45, 7) is 0.587. The molecule has 0 unspecified atom stereocenters. The van der Waals surface area contributed by atoms with Gasteiger partial charge >= 0.3 is 0 Å². The molecule has 1 aliphatic rings. The van der Waals surface area contributed by atoms with E-state index in [2.05, 4.69) is 5.10 Å². The van der Waals surface area contributed by atoms with Gasteiger partial charge in [-0.3, -0.25) is 9.48 Å². The first-order valence-electron chi connectivity index (χ1n) is 4.63. The van der Waals surface area contributed by atoms with Crippen molar-refractivity contribution in [1.82, 2.24) is 9.78 Å². The number of hydrogen-bond donors (Lipinski definition) is 0. The molecule has 1 fully saturated rings. The van der Waals surface area contributed by atoms with Gasteiger partial charge in [-0.1, -0.05) is 0 Å². The zero-order valence-electron chi connectivity index (χ0n) is 7.79. The summed E-state index contributed by atoms with van der Waals surface area (Å²) in [5, 5.41) is 2.79. The predicted molar refractivity (Wildman–Crippen MR) is 50.1 cm³/mol. The van der Waals surface area contributed by atoms with E-state index >= 15 is 0 Å². The lowest BCUT2D eigenvalue weighted by Crippen LogP contribution is -2.01. The van der Waals surface area contributed by atoms with Crippen molar-refractivity contribution >= 4 is 16.8 Å². The van der Waals surface area contributed by atoms with E-state index in [1.807, 2.05) is 0 Å². The van der Waals surface area contributed by atoms with Crippen LogP contribution in [0.2, 0.25) is 0 Å². The molecule has 0 aliphatic heterocycles. The van der Waals surface area contributed by atoms with Crippen LogP contribution in [0.1, 0.15) is 35.3 Å². The lowest BCUT2D eigenvalue weighted by Gasteiger charge is -1.97. The van der Waals surface area contributed by atoms with Crippen molar-refractivity contribution in [2.24, 2.45) is 5.92 Å². The molecule has 1 aromatic rings. The third kappa shape index (κ3) is 2.34. The molecule has 1 heterocycles. The fourth-order valence-corrected chi connectivity index (χ4v) is 1.55. The van der Waals surface area contributed by atoms with Crippen molar-refractivity contribution in [3.63, 3.8) is 0 Å². The van der Waals surface area contributed by atoms with Crippen molar-refractivity contribution in [2.75, 3.05) is 0 Å². The molecule has 1 saturated carbocycles.